The highest BCUT2D eigenvalue weighted by Gasteiger charge is 2.36. The van der Waals surface area contributed by atoms with Crippen LogP contribution in [0.5, 0.6) is 0 Å². The van der Waals surface area contributed by atoms with E-state index in [2.05, 4.69) is 10.6 Å². The molecular weight excluding hydrogens is 446 g/mol. The predicted molar refractivity (Wildman–Crippen MR) is 131 cm³/mol. The van der Waals surface area contributed by atoms with Crippen LogP contribution < -0.4 is 15.5 Å². The fraction of sp³-hybridized carbons (Fsp3) is 0.370. The SMILES string of the molecule is Cc1ccc(N(C(=O)CNC(=O)c2ccco2)[C@H](C(=O)NC2CCCCC2)c2ccc(C)o2)cc1. The number of aryl methyl sites for hydroxylation is 2. The molecule has 0 spiro atoms. The van der Waals surface area contributed by atoms with Crippen molar-refractivity contribution < 1.29 is 23.2 Å². The molecule has 0 aliphatic heterocycles. The van der Waals surface area contributed by atoms with E-state index in [4.69, 9.17) is 8.83 Å². The molecule has 1 fully saturated rings. The van der Waals surface area contributed by atoms with Crippen molar-refractivity contribution in [3.8, 4) is 0 Å². The van der Waals surface area contributed by atoms with Crippen molar-refractivity contribution in [3.63, 3.8) is 0 Å². The average Bonchev–Trinajstić information content (AvgIpc) is 3.54. The lowest BCUT2D eigenvalue weighted by molar-refractivity contribution is -0.127. The van der Waals surface area contributed by atoms with E-state index in [-0.39, 0.29) is 24.3 Å². The summed E-state index contributed by atoms with van der Waals surface area (Å²) < 4.78 is 11.0. The first kappa shape index (κ1) is 24.3. The first-order valence-corrected chi connectivity index (χ1v) is 12.0. The molecule has 1 atom stereocenters. The summed E-state index contributed by atoms with van der Waals surface area (Å²) in [5.41, 5.74) is 1.55. The molecule has 184 valence electrons. The second kappa shape index (κ2) is 11.1. The highest BCUT2D eigenvalue weighted by Crippen LogP contribution is 2.30. The summed E-state index contributed by atoms with van der Waals surface area (Å²) in [4.78, 5) is 41.0. The number of rotatable bonds is 8. The van der Waals surface area contributed by atoms with Crippen LogP contribution in [0, 0.1) is 13.8 Å². The third-order valence-corrected chi connectivity index (χ3v) is 6.21. The molecule has 0 bridgehead atoms. The van der Waals surface area contributed by atoms with Gasteiger partial charge in [-0.15, -0.1) is 0 Å². The number of benzene rings is 1. The molecule has 4 rings (SSSR count). The fourth-order valence-corrected chi connectivity index (χ4v) is 4.38. The Kier molecular flexibility index (Phi) is 7.70. The summed E-state index contributed by atoms with van der Waals surface area (Å²) in [5.74, 6) is -0.165. The second-order valence-corrected chi connectivity index (χ2v) is 8.95. The Bertz CT molecular complexity index is 1140. The van der Waals surface area contributed by atoms with Gasteiger partial charge in [-0.05, 0) is 63.1 Å². The van der Waals surface area contributed by atoms with Crippen LogP contribution in [-0.4, -0.2) is 30.3 Å². The van der Waals surface area contributed by atoms with Crippen LogP contribution in [0.2, 0.25) is 0 Å². The molecule has 1 aromatic carbocycles. The Balaban J connectivity index is 1.64. The van der Waals surface area contributed by atoms with Crippen LogP contribution in [0.1, 0.15) is 65.8 Å². The number of nitrogens with one attached hydrogen (secondary N) is 2. The van der Waals surface area contributed by atoms with Gasteiger partial charge in [-0.1, -0.05) is 37.0 Å². The van der Waals surface area contributed by atoms with Crippen molar-refractivity contribution in [1.82, 2.24) is 10.6 Å². The highest BCUT2D eigenvalue weighted by molar-refractivity contribution is 6.04. The smallest absolute Gasteiger partial charge is 0.287 e. The van der Waals surface area contributed by atoms with E-state index in [1.807, 2.05) is 19.1 Å². The lowest BCUT2D eigenvalue weighted by atomic mass is 9.95. The number of carbonyl (C=O) groups excluding carboxylic acids is 3. The summed E-state index contributed by atoms with van der Waals surface area (Å²) in [7, 11) is 0. The molecule has 8 heteroatoms. The molecule has 1 saturated carbocycles. The van der Waals surface area contributed by atoms with Gasteiger partial charge >= 0.3 is 0 Å². The van der Waals surface area contributed by atoms with Crippen molar-refractivity contribution in [2.24, 2.45) is 0 Å². The summed E-state index contributed by atoms with van der Waals surface area (Å²) >= 11 is 0. The Morgan fingerprint density at radius 2 is 1.74 bits per heavy atom. The fourth-order valence-electron chi connectivity index (χ4n) is 4.38. The van der Waals surface area contributed by atoms with Gasteiger partial charge in [0.1, 0.15) is 11.5 Å². The Morgan fingerprint density at radius 1 is 1.00 bits per heavy atom. The maximum Gasteiger partial charge on any atom is 0.287 e. The second-order valence-electron chi connectivity index (χ2n) is 8.95. The first-order chi connectivity index (χ1) is 16.9. The predicted octanol–water partition coefficient (Wildman–Crippen LogP) is 4.44. The standard InChI is InChI=1S/C27H31N3O5/c1-18-10-13-21(14-11-18)30(24(31)17-28-26(32)23-9-6-16-34-23)25(22-15-12-19(2)35-22)27(33)29-20-7-4-3-5-8-20/h6,9-16,20,25H,3-5,7-8,17H2,1-2H3,(H,28,32)(H,29,33)/t25-/m0/s1. The van der Waals surface area contributed by atoms with Gasteiger partial charge in [0.2, 0.25) is 5.91 Å². The van der Waals surface area contributed by atoms with E-state index in [9.17, 15) is 14.4 Å². The summed E-state index contributed by atoms with van der Waals surface area (Å²) in [6, 6.07) is 13.0. The molecule has 2 aromatic heterocycles. The van der Waals surface area contributed by atoms with Gasteiger partial charge in [0, 0.05) is 11.7 Å². The summed E-state index contributed by atoms with van der Waals surface area (Å²) in [6.07, 6.45) is 6.50. The number of hydrogen-bond donors (Lipinski definition) is 2. The Labute approximate surface area is 204 Å². The Hall–Kier alpha value is -3.81. The van der Waals surface area contributed by atoms with Crippen molar-refractivity contribution >= 4 is 23.4 Å². The van der Waals surface area contributed by atoms with Gasteiger partial charge in [-0.2, -0.15) is 0 Å². The van der Waals surface area contributed by atoms with Crippen LogP contribution in [-0.2, 0) is 9.59 Å². The number of carbonyl (C=O) groups is 3. The van der Waals surface area contributed by atoms with Crippen molar-refractivity contribution in [1.29, 1.82) is 0 Å². The van der Waals surface area contributed by atoms with Crippen LogP contribution in [0.15, 0.2) is 63.6 Å². The summed E-state index contributed by atoms with van der Waals surface area (Å²) in [5, 5.41) is 5.73. The molecule has 3 aromatic rings. The third-order valence-electron chi connectivity index (χ3n) is 6.21. The van der Waals surface area contributed by atoms with Crippen LogP contribution in [0.3, 0.4) is 0 Å². The van der Waals surface area contributed by atoms with Crippen molar-refractivity contribution in [2.75, 3.05) is 11.4 Å². The third kappa shape index (κ3) is 6.01. The molecule has 3 amide bonds. The zero-order valence-electron chi connectivity index (χ0n) is 20.1. The van der Waals surface area contributed by atoms with Gasteiger partial charge in [0.05, 0.1) is 12.8 Å². The molecule has 0 radical (unpaired) electrons. The van der Waals surface area contributed by atoms with Gasteiger partial charge in [-0.3, -0.25) is 19.3 Å². The number of anilines is 1. The van der Waals surface area contributed by atoms with Gasteiger partial charge in [-0.25, -0.2) is 0 Å². The quantitative estimate of drug-likeness (QED) is 0.499. The van der Waals surface area contributed by atoms with E-state index in [1.165, 1.54) is 17.2 Å². The zero-order valence-corrected chi connectivity index (χ0v) is 20.1. The normalized spacial score (nSPS) is 14.8. The van der Waals surface area contributed by atoms with E-state index in [0.29, 0.717) is 17.2 Å². The maximum atomic E-state index is 13.7. The number of hydrogen-bond acceptors (Lipinski definition) is 5. The number of nitrogens with zero attached hydrogens (tertiary/aromatic N) is 1. The lowest BCUT2D eigenvalue weighted by Crippen LogP contribution is -2.49. The highest BCUT2D eigenvalue weighted by atomic mass is 16.3. The van der Waals surface area contributed by atoms with Gasteiger partial charge in [0.25, 0.3) is 11.8 Å². The summed E-state index contributed by atoms with van der Waals surface area (Å²) in [6.45, 7) is 3.42. The minimum absolute atomic E-state index is 0.0587. The molecule has 8 nitrogen and oxygen atoms in total. The largest absolute Gasteiger partial charge is 0.464 e. The number of furan rings is 2. The molecular formula is C27H31N3O5. The molecule has 1 aliphatic rings. The topological polar surface area (TPSA) is 105 Å². The first-order valence-electron chi connectivity index (χ1n) is 12.0. The van der Waals surface area contributed by atoms with E-state index >= 15 is 0 Å². The van der Waals surface area contributed by atoms with Crippen molar-refractivity contribution in [3.05, 3.63) is 77.6 Å². The molecule has 2 heterocycles. The van der Waals surface area contributed by atoms with E-state index in [1.54, 1.807) is 37.3 Å². The zero-order chi connectivity index (χ0) is 24.8. The maximum absolute atomic E-state index is 13.7. The molecule has 2 N–H and O–H groups in total. The van der Waals surface area contributed by atoms with Gasteiger partial charge < -0.3 is 19.5 Å². The minimum atomic E-state index is -1.03. The van der Waals surface area contributed by atoms with E-state index in [0.717, 1.165) is 37.7 Å². The van der Waals surface area contributed by atoms with Gasteiger partial charge in [0.15, 0.2) is 11.8 Å². The van der Waals surface area contributed by atoms with Crippen LogP contribution >= 0.6 is 0 Å². The van der Waals surface area contributed by atoms with Crippen LogP contribution in [0.25, 0.3) is 0 Å². The number of amides is 3. The molecule has 35 heavy (non-hydrogen) atoms. The van der Waals surface area contributed by atoms with Crippen LogP contribution in [0.4, 0.5) is 5.69 Å². The average molecular weight is 478 g/mol. The Morgan fingerprint density at radius 3 is 2.37 bits per heavy atom. The van der Waals surface area contributed by atoms with Crippen molar-refractivity contribution in [2.45, 2.75) is 58.0 Å². The molecule has 0 unspecified atom stereocenters. The monoisotopic (exact) mass is 477 g/mol. The lowest BCUT2D eigenvalue weighted by Gasteiger charge is -2.32. The molecule has 0 saturated heterocycles. The minimum Gasteiger partial charge on any atom is -0.464 e. The van der Waals surface area contributed by atoms with E-state index < -0.39 is 17.9 Å². The molecule has 1 aliphatic carbocycles.